The summed E-state index contributed by atoms with van der Waals surface area (Å²) in [7, 11) is 0. The second-order valence-electron chi connectivity index (χ2n) is 4.20. The lowest BCUT2D eigenvalue weighted by Gasteiger charge is -2.22. The van der Waals surface area contributed by atoms with Gasteiger partial charge in [-0.05, 0) is 13.8 Å². The van der Waals surface area contributed by atoms with Crippen LogP contribution in [-0.2, 0) is 14.2 Å². The second-order valence-corrected chi connectivity index (χ2v) is 4.20. The number of aliphatic hydroxyl groups excluding tert-OH is 2. The maximum atomic E-state index is 9.36. The summed E-state index contributed by atoms with van der Waals surface area (Å²) in [5, 5.41) is 18.1. The highest BCUT2D eigenvalue weighted by molar-refractivity contribution is 4.87. The van der Waals surface area contributed by atoms with E-state index < -0.39 is 18.2 Å². The second kappa shape index (κ2) is 3.43. The molecule has 0 aromatic carbocycles. The van der Waals surface area contributed by atoms with Crippen molar-refractivity contribution in [2.24, 2.45) is 0 Å². The fourth-order valence-electron chi connectivity index (χ4n) is 1.90. The van der Waals surface area contributed by atoms with E-state index in [1.165, 1.54) is 0 Å². The summed E-state index contributed by atoms with van der Waals surface area (Å²) in [4.78, 5) is 0. The Balaban J connectivity index is 1.93. The number of hydrogen-bond acceptors (Lipinski definition) is 5. The molecular weight excluding hydrogens is 188 g/mol. The van der Waals surface area contributed by atoms with Gasteiger partial charge in [0.1, 0.15) is 12.2 Å². The fraction of sp³-hybridized carbons (Fsp3) is 1.00. The van der Waals surface area contributed by atoms with E-state index in [1.54, 1.807) is 0 Å². The largest absolute Gasteiger partial charge is 0.394 e. The van der Waals surface area contributed by atoms with Crippen LogP contribution in [0.1, 0.15) is 20.3 Å². The molecule has 1 unspecified atom stereocenters. The Labute approximate surface area is 82.6 Å². The Hall–Kier alpha value is -0.200. The fourth-order valence-corrected chi connectivity index (χ4v) is 1.90. The first-order chi connectivity index (χ1) is 6.52. The van der Waals surface area contributed by atoms with Gasteiger partial charge in [-0.1, -0.05) is 0 Å². The van der Waals surface area contributed by atoms with Gasteiger partial charge >= 0.3 is 0 Å². The first-order valence-electron chi connectivity index (χ1n) is 4.82. The topological polar surface area (TPSA) is 68.2 Å². The standard InChI is InChI=1S/C9H16O5/c1-9(2)13-7-3-6(5(11)4-10)12-8(7)14-9/h5-8,10-11H,3-4H2,1-2H3/t5-,6-,7+,8?/m0/s1. The molecule has 0 spiro atoms. The van der Waals surface area contributed by atoms with Gasteiger partial charge in [-0.15, -0.1) is 0 Å². The summed E-state index contributed by atoms with van der Waals surface area (Å²) in [5.41, 5.74) is 0. The molecule has 5 nitrogen and oxygen atoms in total. The molecule has 2 aliphatic heterocycles. The van der Waals surface area contributed by atoms with Crippen molar-refractivity contribution in [3.8, 4) is 0 Å². The summed E-state index contributed by atoms with van der Waals surface area (Å²) in [6.45, 7) is 3.35. The van der Waals surface area contributed by atoms with Gasteiger partial charge in [0.05, 0.1) is 12.7 Å². The number of fused-ring (bicyclic) bond motifs is 1. The average Bonchev–Trinajstić information content (AvgIpc) is 2.56. The van der Waals surface area contributed by atoms with Crippen LogP contribution >= 0.6 is 0 Å². The third-order valence-electron chi connectivity index (χ3n) is 2.53. The van der Waals surface area contributed by atoms with Gasteiger partial charge in [0.15, 0.2) is 12.1 Å². The molecule has 2 aliphatic rings. The highest BCUT2D eigenvalue weighted by Gasteiger charge is 2.49. The SMILES string of the molecule is CC1(C)OC2O[C@H]([C@@H](O)CO)C[C@H]2O1. The van der Waals surface area contributed by atoms with Gasteiger partial charge in [-0.3, -0.25) is 0 Å². The molecule has 2 fully saturated rings. The first-order valence-corrected chi connectivity index (χ1v) is 4.82. The lowest BCUT2D eigenvalue weighted by molar-refractivity contribution is -0.215. The van der Waals surface area contributed by atoms with Crippen molar-refractivity contribution in [3.05, 3.63) is 0 Å². The average molecular weight is 204 g/mol. The quantitative estimate of drug-likeness (QED) is 0.641. The van der Waals surface area contributed by atoms with Crippen molar-refractivity contribution in [2.45, 2.75) is 50.7 Å². The minimum Gasteiger partial charge on any atom is -0.394 e. The monoisotopic (exact) mass is 204 g/mol. The lowest BCUT2D eigenvalue weighted by atomic mass is 10.1. The number of rotatable bonds is 2. The van der Waals surface area contributed by atoms with Crippen LogP contribution in [0.2, 0.25) is 0 Å². The molecule has 0 saturated carbocycles. The van der Waals surface area contributed by atoms with Crippen LogP contribution < -0.4 is 0 Å². The van der Waals surface area contributed by atoms with E-state index in [-0.39, 0.29) is 18.8 Å². The molecule has 82 valence electrons. The maximum Gasteiger partial charge on any atom is 0.187 e. The van der Waals surface area contributed by atoms with Crippen molar-refractivity contribution in [1.29, 1.82) is 0 Å². The molecule has 0 aromatic heterocycles. The van der Waals surface area contributed by atoms with E-state index >= 15 is 0 Å². The molecule has 0 aliphatic carbocycles. The minimum atomic E-state index is -0.851. The molecule has 4 atom stereocenters. The van der Waals surface area contributed by atoms with Crippen LogP contribution in [0.15, 0.2) is 0 Å². The number of ether oxygens (including phenoxy) is 3. The minimum absolute atomic E-state index is 0.129. The number of aliphatic hydroxyl groups is 2. The van der Waals surface area contributed by atoms with E-state index in [2.05, 4.69) is 0 Å². The van der Waals surface area contributed by atoms with Crippen LogP contribution in [0, 0.1) is 0 Å². The Morgan fingerprint density at radius 2 is 2.14 bits per heavy atom. The molecular formula is C9H16O5. The molecule has 2 heterocycles. The highest BCUT2D eigenvalue weighted by Crippen LogP contribution is 2.37. The first kappa shape index (κ1) is 10.3. The molecule has 2 N–H and O–H groups in total. The molecule has 0 radical (unpaired) electrons. The molecule has 14 heavy (non-hydrogen) atoms. The van der Waals surface area contributed by atoms with Crippen molar-refractivity contribution in [1.82, 2.24) is 0 Å². The van der Waals surface area contributed by atoms with Crippen LogP contribution in [0.4, 0.5) is 0 Å². The van der Waals surface area contributed by atoms with Crippen molar-refractivity contribution >= 4 is 0 Å². The molecule has 0 bridgehead atoms. The van der Waals surface area contributed by atoms with Crippen LogP contribution in [0.5, 0.6) is 0 Å². The van der Waals surface area contributed by atoms with Crippen molar-refractivity contribution in [2.75, 3.05) is 6.61 Å². The lowest BCUT2D eigenvalue weighted by Crippen LogP contribution is -2.32. The summed E-state index contributed by atoms with van der Waals surface area (Å²) in [6, 6.07) is 0. The predicted molar refractivity (Wildman–Crippen MR) is 46.4 cm³/mol. The zero-order valence-electron chi connectivity index (χ0n) is 8.34. The van der Waals surface area contributed by atoms with Crippen molar-refractivity contribution < 1.29 is 24.4 Å². The van der Waals surface area contributed by atoms with E-state index in [0.717, 1.165) is 0 Å². The summed E-state index contributed by atoms with van der Waals surface area (Å²) >= 11 is 0. The van der Waals surface area contributed by atoms with Gasteiger partial charge in [-0.2, -0.15) is 0 Å². The van der Waals surface area contributed by atoms with Crippen molar-refractivity contribution in [3.63, 3.8) is 0 Å². The normalized spacial score (nSPS) is 42.4. The smallest absolute Gasteiger partial charge is 0.187 e. The van der Waals surface area contributed by atoms with E-state index in [1.807, 2.05) is 13.8 Å². The maximum absolute atomic E-state index is 9.36. The molecule has 2 rings (SSSR count). The van der Waals surface area contributed by atoms with Crippen LogP contribution in [-0.4, -0.2) is 47.2 Å². The Bertz CT molecular complexity index is 201. The molecule has 5 heteroatoms. The Morgan fingerprint density at radius 1 is 1.43 bits per heavy atom. The Morgan fingerprint density at radius 3 is 2.71 bits per heavy atom. The van der Waals surface area contributed by atoms with Gasteiger partial charge in [0, 0.05) is 6.42 Å². The van der Waals surface area contributed by atoms with Gasteiger partial charge in [0.25, 0.3) is 0 Å². The van der Waals surface area contributed by atoms with Crippen LogP contribution in [0.3, 0.4) is 0 Å². The van der Waals surface area contributed by atoms with E-state index in [9.17, 15) is 5.11 Å². The third kappa shape index (κ3) is 1.78. The summed E-state index contributed by atoms with van der Waals surface area (Å²) < 4.78 is 16.4. The molecule has 0 amide bonds. The predicted octanol–water partition coefficient (Wildman–Crippen LogP) is -0.394. The van der Waals surface area contributed by atoms with Crippen LogP contribution in [0.25, 0.3) is 0 Å². The number of hydrogen-bond donors (Lipinski definition) is 2. The highest BCUT2D eigenvalue weighted by atomic mass is 16.8. The van der Waals surface area contributed by atoms with E-state index in [4.69, 9.17) is 19.3 Å². The molecule has 0 aromatic rings. The van der Waals surface area contributed by atoms with E-state index in [0.29, 0.717) is 6.42 Å². The Kier molecular flexibility index (Phi) is 2.53. The zero-order chi connectivity index (χ0) is 10.3. The van der Waals surface area contributed by atoms with Gasteiger partial charge in [0.2, 0.25) is 0 Å². The summed E-state index contributed by atoms with van der Waals surface area (Å²) in [6.07, 6.45) is -1.20. The third-order valence-corrected chi connectivity index (χ3v) is 2.53. The summed E-state index contributed by atoms with van der Waals surface area (Å²) in [5.74, 6) is -0.607. The van der Waals surface area contributed by atoms with Gasteiger partial charge < -0.3 is 24.4 Å². The molecule has 2 saturated heterocycles. The van der Waals surface area contributed by atoms with Gasteiger partial charge in [-0.25, -0.2) is 0 Å². The zero-order valence-corrected chi connectivity index (χ0v) is 8.34.